The minimum absolute atomic E-state index is 0.440. The summed E-state index contributed by atoms with van der Waals surface area (Å²) in [6.45, 7) is 3.17. The molecule has 23 heavy (non-hydrogen) atoms. The molecule has 0 unspecified atom stereocenters. The van der Waals surface area contributed by atoms with Crippen molar-refractivity contribution in [2.75, 3.05) is 20.2 Å². The molecule has 0 heterocycles. The predicted octanol–water partition coefficient (Wildman–Crippen LogP) is 2.44. The minimum Gasteiger partial charge on any atom is -0.497 e. The molecule has 0 atom stereocenters. The zero-order valence-electron chi connectivity index (χ0n) is 14.2. The van der Waals surface area contributed by atoms with E-state index in [9.17, 15) is 9.59 Å². The van der Waals surface area contributed by atoms with Crippen molar-refractivity contribution in [3.63, 3.8) is 0 Å². The third kappa shape index (κ3) is 8.24. The molecule has 0 fully saturated rings. The molecule has 2 N–H and O–H groups in total. The summed E-state index contributed by atoms with van der Waals surface area (Å²) in [6, 6.07) is 7.65. The minimum atomic E-state index is -0.563. The molecule has 0 aliphatic heterocycles. The summed E-state index contributed by atoms with van der Waals surface area (Å²) in [5.74, 6) is -0.307. The number of methoxy groups -OCH3 is 1. The maximum absolute atomic E-state index is 11.7. The number of ether oxygens (including phenoxy) is 1. The van der Waals surface area contributed by atoms with Crippen LogP contribution in [0.3, 0.4) is 0 Å². The second kappa shape index (κ2) is 11.5. The lowest BCUT2D eigenvalue weighted by Gasteiger charge is -2.07. The lowest BCUT2D eigenvalue weighted by molar-refractivity contribution is -0.139. The number of unbranched alkanes of at least 4 members (excludes halogenated alkanes) is 4. The smallest absolute Gasteiger partial charge is 0.309 e. The van der Waals surface area contributed by atoms with Crippen molar-refractivity contribution in [2.24, 2.45) is 0 Å². The summed E-state index contributed by atoms with van der Waals surface area (Å²) in [4.78, 5) is 23.3. The van der Waals surface area contributed by atoms with Crippen molar-refractivity contribution < 1.29 is 14.3 Å². The summed E-state index contributed by atoms with van der Waals surface area (Å²) in [6.07, 6.45) is 6.29. The Morgan fingerprint density at radius 1 is 0.913 bits per heavy atom. The Morgan fingerprint density at radius 3 is 2.13 bits per heavy atom. The van der Waals surface area contributed by atoms with E-state index in [2.05, 4.69) is 17.6 Å². The molecule has 0 saturated carbocycles. The fraction of sp³-hybridized carbons (Fsp3) is 0.556. The van der Waals surface area contributed by atoms with Gasteiger partial charge >= 0.3 is 11.8 Å². The quantitative estimate of drug-likeness (QED) is 0.514. The molecule has 0 spiro atoms. The zero-order valence-corrected chi connectivity index (χ0v) is 14.2. The molecule has 2 amide bonds. The second-order valence-corrected chi connectivity index (χ2v) is 5.52. The topological polar surface area (TPSA) is 67.4 Å². The van der Waals surface area contributed by atoms with E-state index in [0.717, 1.165) is 24.2 Å². The molecule has 1 aromatic carbocycles. The van der Waals surface area contributed by atoms with Crippen LogP contribution in [0, 0.1) is 0 Å². The van der Waals surface area contributed by atoms with Crippen LogP contribution in [0.15, 0.2) is 24.3 Å². The Labute approximate surface area is 138 Å². The van der Waals surface area contributed by atoms with Crippen LogP contribution in [0.4, 0.5) is 0 Å². The highest BCUT2D eigenvalue weighted by molar-refractivity contribution is 6.35. The Morgan fingerprint density at radius 2 is 1.52 bits per heavy atom. The lowest BCUT2D eigenvalue weighted by atomic mass is 10.1. The summed E-state index contributed by atoms with van der Waals surface area (Å²) < 4.78 is 5.09. The van der Waals surface area contributed by atoms with Crippen molar-refractivity contribution in [1.29, 1.82) is 0 Å². The van der Waals surface area contributed by atoms with Crippen molar-refractivity contribution in [3.05, 3.63) is 29.8 Å². The maximum Gasteiger partial charge on any atom is 0.309 e. The molecular formula is C18H28N2O3. The molecule has 1 rings (SSSR count). The van der Waals surface area contributed by atoms with Gasteiger partial charge in [-0.3, -0.25) is 9.59 Å². The van der Waals surface area contributed by atoms with Crippen molar-refractivity contribution in [2.45, 2.75) is 45.4 Å². The average Bonchev–Trinajstić information content (AvgIpc) is 2.58. The highest BCUT2D eigenvalue weighted by atomic mass is 16.5. The van der Waals surface area contributed by atoms with Crippen LogP contribution < -0.4 is 15.4 Å². The molecule has 0 radical (unpaired) electrons. The van der Waals surface area contributed by atoms with Crippen molar-refractivity contribution in [3.8, 4) is 5.75 Å². The molecule has 0 saturated heterocycles. The van der Waals surface area contributed by atoms with Crippen LogP contribution in [0.5, 0.6) is 5.75 Å². The number of amides is 2. The molecule has 0 aromatic heterocycles. The summed E-state index contributed by atoms with van der Waals surface area (Å²) in [5, 5.41) is 5.29. The third-order valence-electron chi connectivity index (χ3n) is 3.63. The molecule has 1 aromatic rings. The van der Waals surface area contributed by atoms with Crippen molar-refractivity contribution >= 4 is 11.8 Å². The summed E-state index contributed by atoms with van der Waals surface area (Å²) in [7, 11) is 1.62. The van der Waals surface area contributed by atoms with Crippen LogP contribution in [-0.2, 0) is 16.0 Å². The molecule has 0 bridgehead atoms. The van der Waals surface area contributed by atoms with E-state index in [4.69, 9.17) is 4.74 Å². The highest BCUT2D eigenvalue weighted by Crippen LogP contribution is 2.11. The van der Waals surface area contributed by atoms with Gasteiger partial charge in [-0.1, -0.05) is 44.7 Å². The number of carbonyl (C=O) groups is 2. The Kier molecular flexibility index (Phi) is 9.52. The van der Waals surface area contributed by atoms with E-state index >= 15 is 0 Å². The van der Waals surface area contributed by atoms with E-state index < -0.39 is 11.8 Å². The van der Waals surface area contributed by atoms with E-state index in [1.807, 2.05) is 24.3 Å². The third-order valence-corrected chi connectivity index (χ3v) is 3.63. The highest BCUT2D eigenvalue weighted by Gasteiger charge is 2.11. The first-order valence-corrected chi connectivity index (χ1v) is 8.36. The number of hydrogen-bond donors (Lipinski definition) is 2. The Bertz CT molecular complexity index is 472. The van der Waals surface area contributed by atoms with Crippen LogP contribution in [0.1, 0.15) is 44.6 Å². The van der Waals surface area contributed by atoms with E-state index in [-0.39, 0.29) is 0 Å². The Hall–Kier alpha value is -2.04. The van der Waals surface area contributed by atoms with E-state index in [1.54, 1.807) is 7.11 Å². The first kappa shape index (κ1) is 19.0. The first-order valence-electron chi connectivity index (χ1n) is 8.36. The van der Waals surface area contributed by atoms with Gasteiger partial charge in [-0.25, -0.2) is 0 Å². The van der Waals surface area contributed by atoms with Gasteiger partial charge in [0.25, 0.3) is 0 Å². The van der Waals surface area contributed by atoms with Crippen LogP contribution in [-0.4, -0.2) is 32.0 Å². The molecule has 5 nitrogen and oxygen atoms in total. The number of carbonyl (C=O) groups excluding carboxylic acids is 2. The fourth-order valence-electron chi connectivity index (χ4n) is 2.20. The van der Waals surface area contributed by atoms with Crippen LogP contribution >= 0.6 is 0 Å². The SMILES string of the molecule is CCCCCCCNC(=O)C(=O)NCCc1ccc(OC)cc1. The fourth-order valence-corrected chi connectivity index (χ4v) is 2.20. The van der Waals surface area contributed by atoms with Gasteiger partial charge in [0.2, 0.25) is 0 Å². The normalized spacial score (nSPS) is 10.2. The number of nitrogens with one attached hydrogen (secondary N) is 2. The van der Waals surface area contributed by atoms with Gasteiger partial charge in [0.1, 0.15) is 5.75 Å². The predicted molar refractivity (Wildman–Crippen MR) is 91.5 cm³/mol. The number of benzene rings is 1. The molecule has 5 heteroatoms. The lowest BCUT2D eigenvalue weighted by Crippen LogP contribution is -2.40. The Balaban J connectivity index is 2.13. The standard InChI is InChI=1S/C18H28N2O3/c1-3-4-5-6-7-13-19-17(21)18(22)20-14-12-15-8-10-16(23-2)11-9-15/h8-11H,3-7,12-14H2,1-2H3,(H,19,21)(H,20,22). The maximum atomic E-state index is 11.7. The van der Waals surface area contributed by atoms with E-state index in [1.165, 1.54) is 19.3 Å². The van der Waals surface area contributed by atoms with Gasteiger partial charge in [0.15, 0.2) is 0 Å². The largest absolute Gasteiger partial charge is 0.497 e. The van der Waals surface area contributed by atoms with Gasteiger partial charge in [-0.15, -0.1) is 0 Å². The van der Waals surface area contributed by atoms with Gasteiger partial charge in [-0.2, -0.15) is 0 Å². The number of rotatable bonds is 10. The molecule has 0 aliphatic rings. The summed E-state index contributed by atoms with van der Waals surface area (Å²) >= 11 is 0. The zero-order chi connectivity index (χ0) is 16.9. The molecule has 128 valence electrons. The van der Waals surface area contributed by atoms with Crippen LogP contribution in [0.25, 0.3) is 0 Å². The summed E-state index contributed by atoms with van der Waals surface area (Å²) in [5.41, 5.74) is 1.09. The molecule has 0 aliphatic carbocycles. The first-order chi connectivity index (χ1) is 11.2. The van der Waals surface area contributed by atoms with Crippen molar-refractivity contribution in [1.82, 2.24) is 10.6 Å². The number of hydrogen-bond acceptors (Lipinski definition) is 3. The molecular weight excluding hydrogens is 292 g/mol. The van der Waals surface area contributed by atoms with Gasteiger partial charge < -0.3 is 15.4 Å². The van der Waals surface area contributed by atoms with Gasteiger partial charge in [0.05, 0.1) is 7.11 Å². The monoisotopic (exact) mass is 320 g/mol. The second-order valence-electron chi connectivity index (χ2n) is 5.52. The average molecular weight is 320 g/mol. The van der Waals surface area contributed by atoms with E-state index in [0.29, 0.717) is 19.5 Å². The van der Waals surface area contributed by atoms with Gasteiger partial charge in [-0.05, 0) is 30.5 Å². The van der Waals surface area contributed by atoms with Crippen LogP contribution in [0.2, 0.25) is 0 Å². The van der Waals surface area contributed by atoms with Gasteiger partial charge in [0, 0.05) is 13.1 Å².